The molecule has 98 valence electrons. The third kappa shape index (κ3) is 5.28. The highest BCUT2D eigenvalue weighted by atomic mass is 16.2. The molecule has 0 bridgehead atoms. The van der Waals surface area contributed by atoms with Crippen LogP contribution in [0.25, 0.3) is 0 Å². The maximum absolute atomic E-state index is 8.76. The Hall–Kier alpha value is -0.940. The Labute approximate surface area is 103 Å². The molecule has 0 fully saturated rings. The number of nitrogens with zero attached hydrogens (tertiary/aromatic N) is 3. The zero-order chi connectivity index (χ0) is 12.7. The van der Waals surface area contributed by atoms with Gasteiger partial charge in [0.25, 0.3) is 0 Å². The molecule has 1 atom stereocenters. The Kier molecular flexibility index (Phi) is 6.15. The molecular formula is C12H24N4O. The van der Waals surface area contributed by atoms with Gasteiger partial charge in [-0.25, -0.2) is 9.67 Å². The molecule has 1 aromatic heterocycles. The van der Waals surface area contributed by atoms with Gasteiger partial charge < -0.3 is 10.4 Å². The summed E-state index contributed by atoms with van der Waals surface area (Å²) in [6.07, 6.45) is 3.43. The lowest BCUT2D eigenvalue weighted by Crippen LogP contribution is -2.27. The minimum absolute atomic E-state index is 0.259. The molecule has 17 heavy (non-hydrogen) atoms. The average molecular weight is 240 g/mol. The molecular weight excluding hydrogens is 216 g/mol. The van der Waals surface area contributed by atoms with Gasteiger partial charge in [0, 0.05) is 19.2 Å². The molecule has 5 nitrogen and oxygen atoms in total. The largest absolute Gasteiger partial charge is 0.396 e. The Balaban J connectivity index is 2.38. The topological polar surface area (TPSA) is 63.0 Å². The standard InChI is InChI=1S/C12H24N4O/c1-10(2)8-16-12(14-9-15-16)7-13-11(3)5-4-6-17/h9-11,13,17H,4-8H2,1-3H3. The first-order valence-corrected chi connectivity index (χ1v) is 6.34. The molecule has 1 rings (SSSR count). The van der Waals surface area contributed by atoms with Crippen LogP contribution in [-0.4, -0.2) is 32.5 Å². The number of hydrogen-bond donors (Lipinski definition) is 2. The van der Waals surface area contributed by atoms with Gasteiger partial charge in [0.05, 0.1) is 6.54 Å². The third-order valence-electron chi connectivity index (χ3n) is 2.64. The Morgan fingerprint density at radius 1 is 1.41 bits per heavy atom. The van der Waals surface area contributed by atoms with Gasteiger partial charge in [-0.2, -0.15) is 5.10 Å². The Morgan fingerprint density at radius 3 is 2.82 bits per heavy atom. The number of nitrogens with one attached hydrogen (secondary N) is 1. The van der Waals surface area contributed by atoms with Gasteiger partial charge in [0.1, 0.15) is 12.2 Å². The van der Waals surface area contributed by atoms with Gasteiger partial charge in [-0.1, -0.05) is 13.8 Å². The minimum atomic E-state index is 0.259. The summed E-state index contributed by atoms with van der Waals surface area (Å²) >= 11 is 0. The summed E-state index contributed by atoms with van der Waals surface area (Å²) in [5.74, 6) is 1.55. The quantitative estimate of drug-likeness (QED) is 0.716. The van der Waals surface area contributed by atoms with E-state index < -0.39 is 0 Å². The zero-order valence-electron chi connectivity index (χ0n) is 11.1. The van der Waals surface area contributed by atoms with Gasteiger partial charge in [0.15, 0.2) is 0 Å². The molecule has 0 aromatic carbocycles. The van der Waals surface area contributed by atoms with Crippen molar-refractivity contribution in [2.45, 2.75) is 52.7 Å². The van der Waals surface area contributed by atoms with Crippen LogP contribution in [0, 0.1) is 5.92 Å². The van der Waals surface area contributed by atoms with Gasteiger partial charge in [-0.3, -0.25) is 0 Å². The van der Waals surface area contributed by atoms with E-state index in [1.807, 2.05) is 4.68 Å². The number of rotatable bonds is 8. The van der Waals surface area contributed by atoms with E-state index in [9.17, 15) is 0 Å². The van der Waals surface area contributed by atoms with Crippen molar-refractivity contribution in [1.82, 2.24) is 20.1 Å². The fraction of sp³-hybridized carbons (Fsp3) is 0.833. The second kappa shape index (κ2) is 7.40. The molecule has 1 aromatic rings. The van der Waals surface area contributed by atoms with Crippen LogP contribution in [0.15, 0.2) is 6.33 Å². The predicted molar refractivity (Wildman–Crippen MR) is 67.5 cm³/mol. The van der Waals surface area contributed by atoms with Crippen molar-refractivity contribution in [1.29, 1.82) is 0 Å². The molecule has 1 heterocycles. The summed E-state index contributed by atoms with van der Waals surface area (Å²) in [5.41, 5.74) is 0. The van der Waals surface area contributed by atoms with Crippen molar-refractivity contribution in [2.24, 2.45) is 5.92 Å². The summed E-state index contributed by atoms with van der Waals surface area (Å²) in [5, 5.41) is 16.4. The SMILES string of the molecule is CC(C)Cn1ncnc1CNC(C)CCCO. The minimum Gasteiger partial charge on any atom is -0.396 e. The Bertz CT molecular complexity index is 311. The summed E-state index contributed by atoms with van der Waals surface area (Å²) < 4.78 is 1.95. The molecule has 0 radical (unpaired) electrons. The van der Waals surface area contributed by atoms with Crippen LogP contribution in [0.5, 0.6) is 0 Å². The van der Waals surface area contributed by atoms with Crippen molar-refractivity contribution < 1.29 is 5.11 Å². The second-order valence-corrected chi connectivity index (χ2v) is 4.90. The van der Waals surface area contributed by atoms with E-state index in [1.165, 1.54) is 0 Å². The first-order chi connectivity index (χ1) is 8.13. The van der Waals surface area contributed by atoms with Crippen LogP contribution in [0.1, 0.15) is 39.4 Å². The van der Waals surface area contributed by atoms with Crippen molar-refractivity contribution in [3.8, 4) is 0 Å². The van der Waals surface area contributed by atoms with Crippen LogP contribution < -0.4 is 5.32 Å². The maximum atomic E-state index is 8.76. The van der Waals surface area contributed by atoms with Crippen LogP contribution in [0.4, 0.5) is 0 Å². The van der Waals surface area contributed by atoms with Gasteiger partial charge in [-0.05, 0) is 25.7 Å². The third-order valence-corrected chi connectivity index (χ3v) is 2.64. The molecule has 0 saturated carbocycles. The average Bonchev–Trinajstić information content (AvgIpc) is 2.70. The number of aliphatic hydroxyl groups excluding tert-OH is 1. The first kappa shape index (κ1) is 14.1. The number of aliphatic hydroxyl groups is 1. The van der Waals surface area contributed by atoms with Crippen LogP contribution in [0.2, 0.25) is 0 Å². The van der Waals surface area contributed by atoms with Crippen molar-refractivity contribution >= 4 is 0 Å². The lowest BCUT2D eigenvalue weighted by molar-refractivity contribution is 0.276. The molecule has 2 N–H and O–H groups in total. The van der Waals surface area contributed by atoms with Crippen LogP contribution in [0.3, 0.4) is 0 Å². The molecule has 5 heteroatoms. The van der Waals surface area contributed by atoms with Crippen molar-refractivity contribution in [3.05, 3.63) is 12.2 Å². The van der Waals surface area contributed by atoms with Crippen LogP contribution in [-0.2, 0) is 13.1 Å². The molecule has 0 amide bonds. The normalized spacial score (nSPS) is 13.2. The zero-order valence-corrected chi connectivity index (χ0v) is 11.1. The van der Waals surface area contributed by atoms with Gasteiger partial charge in [0.2, 0.25) is 0 Å². The molecule has 0 aliphatic rings. The van der Waals surface area contributed by atoms with E-state index in [2.05, 4.69) is 36.2 Å². The summed E-state index contributed by atoms with van der Waals surface area (Å²) in [4.78, 5) is 4.26. The van der Waals surface area contributed by atoms with Crippen molar-refractivity contribution in [3.63, 3.8) is 0 Å². The highest BCUT2D eigenvalue weighted by molar-refractivity contribution is 4.84. The first-order valence-electron chi connectivity index (χ1n) is 6.34. The van der Waals surface area contributed by atoms with E-state index in [4.69, 9.17) is 5.11 Å². The highest BCUT2D eigenvalue weighted by Gasteiger charge is 2.07. The smallest absolute Gasteiger partial charge is 0.140 e. The lowest BCUT2D eigenvalue weighted by Gasteiger charge is -2.14. The van der Waals surface area contributed by atoms with E-state index in [0.717, 1.165) is 31.8 Å². The highest BCUT2D eigenvalue weighted by Crippen LogP contribution is 2.02. The Morgan fingerprint density at radius 2 is 2.18 bits per heavy atom. The van der Waals surface area contributed by atoms with Crippen molar-refractivity contribution in [2.75, 3.05) is 6.61 Å². The summed E-state index contributed by atoms with van der Waals surface area (Å²) in [6.45, 7) is 8.36. The molecule has 1 unspecified atom stereocenters. The lowest BCUT2D eigenvalue weighted by atomic mass is 10.2. The monoisotopic (exact) mass is 240 g/mol. The number of hydrogen-bond acceptors (Lipinski definition) is 4. The van der Waals surface area contributed by atoms with E-state index in [-0.39, 0.29) is 6.61 Å². The van der Waals surface area contributed by atoms with E-state index in [1.54, 1.807) is 6.33 Å². The molecule has 0 spiro atoms. The fourth-order valence-electron chi connectivity index (χ4n) is 1.69. The summed E-state index contributed by atoms with van der Waals surface area (Å²) in [6, 6.07) is 0.395. The fourth-order valence-corrected chi connectivity index (χ4v) is 1.69. The molecule has 0 aliphatic heterocycles. The number of aromatic nitrogens is 3. The summed E-state index contributed by atoms with van der Waals surface area (Å²) in [7, 11) is 0. The van der Waals surface area contributed by atoms with E-state index >= 15 is 0 Å². The molecule has 0 aliphatic carbocycles. The molecule has 0 saturated heterocycles. The van der Waals surface area contributed by atoms with Crippen LogP contribution >= 0.6 is 0 Å². The van der Waals surface area contributed by atoms with E-state index in [0.29, 0.717) is 12.0 Å². The second-order valence-electron chi connectivity index (χ2n) is 4.90. The predicted octanol–water partition coefficient (Wildman–Crippen LogP) is 1.18. The van der Waals surface area contributed by atoms with Gasteiger partial charge >= 0.3 is 0 Å². The van der Waals surface area contributed by atoms with Gasteiger partial charge in [-0.15, -0.1) is 0 Å². The maximum Gasteiger partial charge on any atom is 0.140 e.